The molecule has 0 N–H and O–H groups in total. The summed E-state index contributed by atoms with van der Waals surface area (Å²) >= 11 is 0. The van der Waals surface area contributed by atoms with Crippen molar-refractivity contribution in [2.24, 2.45) is 0 Å². The fourth-order valence-corrected chi connectivity index (χ4v) is 3.08. The first-order valence-corrected chi connectivity index (χ1v) is 6.83. The normalized spacial score (nSPS) is 29.6. The van der Waals surface area contributed by atoms with E-state index in [1.807, 2.05) is 7.05 Å². The first-order valence-electron chi connectivity index (χ1n) is 6.83. The third-order valence-corrected chi connectivity index (χ3v) is 4.19. The van der Waals surface area contributed by atoms with Gasteiger partial charge < -0.3 is 9.80 Å². The number of likely N-dealkylation sites (tertiary alicyclic amines) is 2. The molecule has 2 aliphatic heterocycles. The lowest BCUT2D eigenvalue weighted by Gasteiger charge is -2.37. The minimum atomic E-state index is -2.74. The first-order chi connectivity index (χ1) is 8.80. The largest absolute Gasteiger partial charge is 0.347 e. The van der Waals surface area contributed by atoms with Crippen molar-refractivity contribution < 1.29 is 13.6 Å². The van der Waals surface area contributed by atoms with Crippen molar-refractivity contribution in [2.45, 2.75) is 37.3 Å². The molecular formula is C13H23F2N3O. The van der Waals surface area contributed by atoms with Gasteiger partial charge in [0.25, 0.3) is 5.92 Å². The predicted molar refractivity (Wildman–Crippen MR) is 69.3 cm³/mol. The highest BCUT2D eigenvalue weighted by Crippen LogP contribution is 2.36. The van der Waals surface area contributed by atoms with Crippen molar-refractivity contribution in [3.05, 3.63) is 0 Å². The Morgan fingerprint density at radius 1 is 1.26 bits per heavy atom. The molecule has 2 saturated heterocycles. The number of rotatable bonds is 2. The van der Waals surface area contributed by atoms with Gasteiger partial charge in [-0.2, -0.15) is 0 Å². The van der Waals surface area contributed by atoms with Crippen molar-refractivity contribution in [3.8, 4) is 0 Å². The zero-order valence-corrected chi connectivity index (χ0v) is 11.9. The minimum absolute atomic E-state index is 0.110. The van der Waals surface area contributed by atoms with Crippen LogP contribution in [0.3, 0.4) is 0 Å². The Kier molecular flexibility index (Phi) is 4.11. The number of carbonyl (C=O) groups excluding carboxylic acids is 1. The van der Waals surface area contributed by atoms with Crippen LogP contribution in [0.4, 0.5) is 8.78 Å². The average Bonchev–Trinajstić information content (AvgIpc) is 2.65. The summed E-state index contributed by atoms with van der Waals surface area (Å²) in [4.78, 5) is 17.5. The smallest absolute Gasteiger partial charge is 0.262 e. The van der Waals surface area contributed by atoms with Gasteiger partial charge in [0.05, 0.1) is 12.6 Å². The van der Waals surface area contributed by atoms with Crippen molar-refractivity contribution >= 4 is 5.91 Å². The molecule has 6 heteroatoms. The third kappa shape index (κ3) is 3.23. The van der Waals surface area contributed by atoms with Crippen LogP contribution in [0.25, 0.3) is 0 Å². The summed E-state index contributed by atoms with van der Waals surface area (Å²) in [6.45, 7) is 1.55. The van der Waals surface area contributed by atoms with Crippen LogP contribution in [0.2, 0.25) is 0 Å². The van der Waals surface area contributed by atoms with E-state index in [9.17, 15) is 13.6 Å². The van der Waals surface area contributed by atoms with Gasteiger partial charge in [-0.3, -0.25) is 9.69 Å². The molecule has 110 valence electrons. The quantitative estimate of drug-likeness (QED) is 0.748. The lowest BCUT2D eigenvalue weighted by atomic mass is 10.0. The molecule has 19 heavy (non-hydrogen) atoms. The molecule has 0 aliphatic carbocycles. The molecule has 0 aromatic carbocycles. The highest BCUT2D eigenvalue weighted by atomic mass is 19.3. The summed E-state index contributed by atoms with van der Waals surface area (Å²) in [6.07, 6.45) is 1.39. The fraction of sp³-hybridized carbons (Fsp3) is 0.923. The van der Waals surface area contributed by atoms with Crippen molar-refractivity contribution in [3.63, 3.8) is 0 Å². The van der Waals surface area contributed by atoms with Crippen LogP contribution in [0, 0.1) is 0 Å². The van der Waals surface area contributed by atoms with E-state index in [1.165, 1.54) is 4.90 Å². The van der Waals surface area contributed by atoms with E-state index in [0.29, 0.717) is 0 Å². The number of hydrogen-bond acceptors (Lipinski definition) is 3. The van der Waals surface area contributed by atoms with Crippen molar-refractivity contribution in [1.29, 1.82) is 0 Å². The molecule has 0 aromatic heterocycles. The Morgan fingerprint density at radius 2 is 1.84 bits per heavy atom. The zero-order chi connectivity index (χ0) is 14.2. The summed E-state index contributed by atoms with van der Waals surface area (Å²) in [5, 5.41) is 0. The number of carbonyl (C=O) groups is 1. The van der Waals surface area contributed by atoms with E-state index in [4.69, 9.17) is 0 Å². The summed E-state index contributed by atoms with van der Waals surface area (Å²) in [5.41, 5.74) is 0. The molecule has 4 nitrogen and oxygen atoms in total. The maximum Gasteiger partial charge on any atom is 0.262 e. The number of nitrogens with zero attached hydrogens (tertiary/aromatic N) is 3. The van der Waals surface area contributed by atoms with E-state index < -0.39 is 12.0 Å². The maximum atomic E-state index is 13.7. The van der Waals surface area contributed by atoms with E-state index >= 15 is 0 Å². The van der Waals surface area contributed by atoms with Crippen LogP contribution in [-0.2, 0) is 4.79 Å². The van der Waals surface area contributed by atoms with Crippen LogP contribution in [0.5, 0.6) is 0 Å². The van der Waals surface area contributed by atoms with Gasteiger partial charge in [-0.25, -0.2) is 8.78 Å². The summed E-state index contributed by atoms with van der Waals surface area (Å²) in [5.74, 6) is -2.93. The van der Waals surface area contributed by atoms with Gasteiger partial charge in [-0.05, 0) is 33.0 Å². The molecule has 2 rings (SSSR count). The van der Waals surface area contributed by atoms with E-state index in [1.54, 1.807) is 19.0 Å². The van der Waals surface area contributed by atoms with Crippen LogP contribution in [-0.4, -0.2) is 79.4 Å². The number of alkyl halides is 2. The monoisotopic (exact) mass is 275 g/mol. The highest BCUT2D eigenvalue weighted by Gasteiger charge is 2.50. The molecule has 2 fully saturated rings. The number of hydrogen-bond donors (Lipinski definition) is 0. The number of amides is 1. The third-order valence-electron chi connectivity index (χ3n) is 4.19. The molecule has 0 aromatic rings. The number of halogens is 2. The van der Waals surface area contributed by atoms with E-state index in [0.717, 1.165) is 25.9 Å². The Hall–Kier alpha value is -0.750. The zero-order valence-electron chi connectivity index (χ0n) is 11.9. The average molecular weight is 275 g/mol. The Labute approximate surface area is 113 Å². The van der Waals surface area contributed by atoms with Gasteiger partial charge in [-0.1, -0.05) is 0 Å². The van der Waals surface area contributed by atoms with Crippen molar-refractivity contribution in [1.82, 2.24) is 14.7 Å². The SMILES string of the molecule is CN1CCC(N2CC(F)(F)C[C@H]2C(=O)N(C)C)CC1. The lowest BCUT2D eigenvalue weighted by Crippen LogP contribution is -2.50. The molecule has 2 aliphatic rings. The second kappa shape index (κ2) is 5.32. The molecule has 0 spiro atoms. The van der Waals surface area contributed by atoms with Gasteiger partial charge in [0.1, 0.15) is 0 Å². The maximum absolute atomic E-state index is 13.7. The molecule has 1 atom stereocenters. The molecule has 1 amide bonds. The van der Waals surface area contributed by atoms with Gasteiger partial charge in [0.2, 0.25) is 5.91 Å². The molecule has 2 heterocycles. The standard InChI is InChI=1S/C13H23F2N3O/c1-16(2)12(19)11-8-13(14,15)9-18(11)10-4-6-17(3)7-5-10/h10-11H,4-9H2,1-3H3/t11-/m0/s1. The van der Waals surface area contributed by atoms with Crippen LogP contribution < -0.4 is 0 Å². The Morgan fingerprint density at radius 3 is 2.37 bits per heavy atom. The first kappa shape index (κ1) is 14.7. The topological polar surface area (TPSA) is 26.8 Å². The van der Waals surface area contributed by atoms with Gasteiger partial charge in [0.15, 0.2) is 0 Å². The molecule has 0 saturated carbocycles. The highest BCUT2D eigenvalue weighted by molar-refractivity contribution is 5.82. The summed E-state index contributed by atoms with van der Waals surface area (Å²) in [7, 11) is 5.30. The van der Waals surface area contributed by atoms with E-state index in [-0.39, 0.29) is 24.9 Å². The second-order valence-electron chi connectivity index (χ2n) is 6.02. The molecular weight excluding hydrogens is 252 g/mol. The van der Waals surface area contributed by atoms with Gasteiger partial charge in [-0.15, -0.1) is 0 Å². The lowest BCUT2D eigenvalue weighted by molar-refractivity contribution is -0.134. The molecule has 0 bridgehead atoms. The predicted octanol–water partition coefficient (Wildman–Crippen LogP) is 0.878. The van der Waals surface area contributed by atoms with Crippen LogP contribution in [0.1, 0.15) is 19.3 Å². The summed E-state index contributed by atoms with van der Waals surface area (Å²) in [6, 6.07) is -0.545. The number of piperidine rings is 1. The Balaban J connectivity index is 2.10. The Bertz CT molecular complexity index is 341. The van der Waals surface area contributed by atoms with Gasteiger partial charge in [0, 0.05) is 26.6 Å². The minimum Gasteiger partial charge on any atom is -0.347 e. The fourth-order valence-electron chi connectivity index (χ4n) is 3.08. The molecule has 0 unspecified atom stereocenters. The summed E-state index contributed by atoms with van der Waals surface area (Å²) < 4.78 is 27.4. The molecule has 0 radical (unpaired) electrons. The second-order valence-corrected chi connectivity index (χ2v) is 6.02. The number of likely N-dealkylation sites (N-methyl/N-ethyl adjacent to an activating group) is 1. The van der Waals surface area contributed by atoms with Crippen LogP contribution >= 0.6 is 0 Å². The van der Waals surface area contributed by atoms with E-state index in [2.05, 4.69) is 4.90 Å². The van der Waals surface area contributed by atoms with Crippen molar-refractivity contribution in [2.75, 3.05) is 40.8 Å². The van der Waals surface area contributed by atoms with Crippen LogP contribution in [0.15, 0.2) is 0 Å². The van der Waals surface area contributed by atoms with Gasteiger partial charge >= 0.3 is 0 Å².